The third kappa shape index (κ3) is 3.82. The van der Waals surface area contributed by atoms with Crippen LogP contribution in [-0.2, 0) is 4.74 Å². The number of amides is 1. The molecular formula is C16H24N2O4. The van der Waals surface area contributed by atoms with Crippen LogP contribution < -0.4 is 20.1 Å². The molecule has 1 heterocycles. The van der Waals surface area contributed by atoms with Crippen molar-refractivity contribution >= 4 is 11.8 Å². The van der Waals surface area contributed by atoms with Crippen molar-refractivity contribution in [2.75, 3.05) is 26.1 Å². The van der Waals surface area contributed by atoms with Gasteiger partial charge in [-0.2, -0.15) is 0 Å². The molecule has 122 valence electrons. The van der Waals surface area contributed by atoms with E-state index >= 15 is 0 Å². The average molecular weight is 308 g/mol. The second-order valence-corrected chi connectivity index (χ2v) is 6.22. The predicted octanol–water partition coefficient (Wildman–Crippen LogP) is 3.09. The second kappa shape index (κ2) is 6.44. The molecule has 2 N–H and O–H groups in total. The number of hydrogen-bond acceptors (Lipinski definition) is 5. The fourth-order valence-electron chi connectivity index (χ4n) is 2.26. The number of carbonyl (C=O) groups excluding carboxylic acids is 1. The smallest absolute Gasteiger partial charge is 0.412 e. The van der Waals surface area contributed by atoms with Crippen LogP contribution in [-0.4, -0.2) is 32.5 Å². The van der Waals surface area contributed by atoms with E-state index in [0.29, 0.717) is 17.2 Å². The Morgan fingerprint density at radius 1 is 1.23 bits per heavy atom. The maximum absolute atomic E-state index is 12.0. The van der Waals surface area contributed by atoms with E-state index in [4.69, 9.17) is 14.2 Å². The lowest BCUT2D eigenvalue weighted by Gasteiger charge is -2.30. The van der Waals surface area contributed by atoms with Crippen LogP contribution in [0.2, 0.25) is 0 Å². The Labute approximate surface area is 131 Å². The first-order valence-corrected chi connectivity index (χ1v) is 7.33. The van der Waals surface area contributed by atoms with Crippen molar-refractivity contribution in [2.24, 2.45) is 0 Å². The van der Waals surface area contributed by atoms with Crippen molar-refractivity contribution < 1.29 is 19.0 Å². The molecule has 1 aromatic rings. The van der Waals surface area contributed by atoms with Crippen LogP contribution in [0.5, 0.6) is 11.5 Å². The van der Waals surface area contributed by atoms with Gasteiger partial charge in [-0.05, 0) is 45.4 Å². The molecule has 1 atom stereocenters. The van der Waals surface area contributed by atoms with Crippen LogP contribution in [0.1, 0.15) is 38.8 Å². The molecule has 0 aliphatic carbocycles. The highest BCUT2D eigenvalue weighted by Crippen LogP contribution is 2.38. The molecule has 6 nitrogen and oxygen atoms in total. The van der Waals surface area contributed by atoms with E-state index in [0.717, 1.165) is 18.5 Å². The summed E-state index contributed by atoms with van der Waals surface area (Å²) in [6.45, 7) is 6.45. The summed E-state index contributed by atoms with van der Waals surface area (Å²) < 4.78 is 16.0. The van der Waals surface area contributed by atoms with Gasteiger partial charge >= 0.3 is 6.09 Å². The minimum absolute atomic E-state index is 0.199. The van der Waals surface area contributed by atoms with Gasteiger partial charge in [0, 0.05) is 12.1 Å². The quantitative estimate of drug-likeness (QED) is 0.894. The monoisotopic (exact) mass is 308 g/mol. The number of hydrogen-bond donors (Lipinski definition) is 2. The summed E-state index contributed by atoms with van der Waals surface area (Å²) in [5.41, 5.74) is 1.09. The first-order valence-electron chi connectivity index (χ1n) is 7.33. The molecule has 1 aliphatic rings. The molecule has 0 saturated carbocycles. The van der Waals surface area contributed by atoms with Gasteiger partial charge in [0.25, 0.3) is 0 Å². The predicted molar refractivity (Wildman–Crippen MR) is 84.8 cm³/mol. The van der Waals surface area contributed by atoms with Gasteiger partial charge in [-0.3, -0.25) is 5.32 Å². The fraction of sp³-hybridized carbons (Fsp3) is 0.562. The van der Waals surface area contributed by atoms with E-state index < -0.39 is 11.7 Å². The van der Waals surface area contributed by atoms with Crippen molar-refractivity contribution in [3.8, 4) is 11.5 Å². The molecule has 1 fully saturated rings. The number of nitrogens with one attached hydrogen (secondary N) is 2. The minimum Gasteiger partial charge on any atom is -0.493 e. The molecule has 0 spiro atoms. The van der Waals surface area contributed by atoms with Crippen molar-refractivity contribution in [1.82, 2.24) is 5.32 Å². The number of benzene rings is 1. The lowest BCUT2D eigenvalue weighted by molar-refractivity contribution is 0.0635. The third-order valence-electron chi connectivity index (χ3n) is 3.39. The van der Waals surface area contributed by atoms with E-state index in [2.05, 4.69) is 10.6 Å². The van der Waals surface area contributed by atoms with Crippen LogP contribution >= 0.6 is 0 Å². The zero-order valence-electron chi connectivity index (χ0n) is 13.8. The van der Waals surface area contributed by atoms with E-state index in [-0.39, 0.29) is 6.04 Å². The van der Waals surface area contributed by atoms with Gasteiger partial charge in [0.2, 0.25) is 0 Å². The Morgan fingerprint density at radius 2 is 1.82 bits per heavy atom. The summed E-state index contributed by atoms with van der Waals surface area (Å²) in [5, 5.41) is 6.13. The largest absolute Gasteiger partial charge is 0.493 e. The molecule has 0 bridgehead atoms. The number of carbonyl (C=O) groups is 1. The van der Waals surface area contributed by atoms with Crippen LogP contribution in [0.15, 0.2) is 12.1 Å². The topological polar surface area (TPSA) is 68.8 Å². The van der Waals surface area contributed by atoms with E-state index in [9.17, 15) is 4.79 Å². The highest BCUT2D eigenvalue weighted by Gasteiger charge is 2.25. The van der Waals surface area contributed by atoms with Crippen molar-refractivity contribution in [3.05, 3.63) is 17.7 Å². The summed E-state index contributed by atoms with van der Waals surface area (Å²) in [4.78, 5) is 12.0. The van der Waals surface area contributed by atoms with Crippen LogP contribution in [0.3, 0.4) is 0 Å². The highest BCUT2D eigenvalue weighted by atomic mass is 16.6. The normalized spacial score (nSPS) is 17.4. The van der Waals surface area contributed by atoms with Crippen molar-refractivity contribution in [2.45, 2.75) is 38.8 Å². The molecule has 1 amide bonds. The molecule has 1 saturated heterocycles. The number of anilines is 1. The molecule has 1 unspecified atom stereocenters. The molecule has 1 aliphatic heterocycles. The molecule has 0 aromatic heterocycles. The Morgan fingerprint density at radius 3 is 2.27 bits per heavy atom. The maximum atomic E-state index is 12.0. The van der Waals surface area contributed by atoms with Crippen LogP contribution in [0.4, 0.5) is 10.5 Å². The zero-order valence-corrected chi connectivity index (χ0v) is 13.8. The highest BCUT2D eigenvalue weighted by molar-refractivity contribution is 5.87. The second-order valence-electron chi connectivity index (χ2n) is 6.22. The third-order valence-corrected chi connectivity index (χ3v) is 3.39. The molecule has 6 heteroatoms. The molecular weight excluding hydrogens is 284 g/mol. The molecule has 2 rings (SSSR count). The summed E-state index contributed by atoms with van der Waals surface area (Å²) in [5.74, 6) is 1.21. The molecule has 0 radical (unpaired) electrons. The van der Waals surface area contributed by atoms with Gasteiger partial charge in [-0.25, -0.2) is 4.79 Å². The maximum Gasteiger partial charge on any atom is 0.412 e. The first kappa shape index (κ1) is 16.4. The van der Waals surface area contributed by atoms with Gasteiger partial charge in [0.1, 0.15) is 5.60 Å². The van der Waals surface area contributed by atoms with Gasteiger partial charge < -0.3 is 19.5 Å². The standard InChI is InChI=1S/C16H24N2O4/c1-16(2,3)22-15(19)18-12-9-14(21-5)13(20-4)8-10(12)11-6-7-17-11/h8-9,11,17H,6-7H2,1-5H3,(H,18,19). The first-order chi connectivity index (χ1) is 10.3. The van der Waals surface area contributed by atoms with E-state index in [1.807, 2.05) is 26.8 Å². The Kier molecular flexibility index (Phi) is 4.81. The van der Waals surface area contributed by atoms with E-state index in [1.54, 1.807) is 20.3 Å². The van der Waals surface area contributed by atoms with Crippen LogP contribution in [0.25, 0.3) is 0 Å². The number of methoxy groups -OCH3 is 2. The Hall–Kier alpha value is -1.95. The fourth-order valence-corrected chi connectivity index (χ4v) is 2.26. The summed E-state index contributed by atoms with van der Waals surface area (Å²) in [7, 11) is 3.16. The lowest BCUT2D eigenvalue weighted by Crippen LogP contribution is -2.36. The van der Waals surface area contributed by atoms with Crippen LogP contribution in [0, 0.1) is 0 Å². The number of rotatable bonds is 4. The van der Waals surface area contributed by atoms with Crippen molar-refractivity contribution in [3.63, 3.8) is 0 Å². The molecule has 1 aromatic carbocycles. The summed E-state index contributed by atoms with van der Waals surface area (Å²) in [6.07, 6.45) is 0.527. The minimum atomic E-state index is -0.546. The SMILES string of the molecule is COc1cc(NC(=O)OC(C)(C)C)c(C2CCN2)cc1OC. The number of ether oxygens (including phenoxy) is 3. The zero-order chi connectivity index (χ0) is 16.3. The van der Waals surface area contributed by atoms with Gasteiger partial charge in [0.05, 0.1) is 19.9 Å². The average Bonchev–Trinajstić information content (AvgIpc) is 2.35. The Bertz CT molecular complexity index is 548. The molecule has 22 heavy (non-hydrogen) atoms. The summed E-state index contributed by atoms with van der Waals surface area (Å²) >= 11 is 0. The summed E-state index contributed by atoms with van der Waals surface area (Å²) in [6, 6.07) is 3.85. The van der Waals surface area contributed by atoms with Gasteiger partial charge in [-0.15, -0.1) is 0 Å². The van der Waals surface area contributed by atoms with E-state index in [1.165, 1.54) is 0 Å². The lowest BCUT2D eigenvalue weighted by atomic mass is 9.95. The van der Waals surface area contributed by atoms with Gasteiger partial charge in [-0.1, -0.05) is 0 Å². The van der Waals surface area contributed by atoms with Crippen molar-refractivity contribution in [1.29, 1.82) is 0 Å². The van der Waals surface area contributed by atoms with Gasteiger partial charge in [0.15, 0.2) is 11.5 Å². The Balaban J connectivity index is 2.29.